The van der Waals surface area contributed by atoms with Crippen molar-refractivity contribution in [1.82, 2.24) is 20.1 Å². The molecule has 0 aliphatic heterocycles. The Balaban J connectivity index is 1.71. The average Bonchev–Trinajstić information content (AvgIpc) is 3.27. The Morgan fingerprint density at radius 2 is 1.81 bits per heavy atom. The molecular weight excluding hydrogens is 492 g/mol. The zero-order valence-corrected chi connectivity index (χ0v) is 19.6. The maximum absolute atomic E-state index is 14.6. The lowest BCUT2D eigenvalue weighted by molar-refractivity contribution is 0.0918. The van der Waals surface area contributed by atoms with E-state index >= 15 is 0 Å². The van der Waals surface area contributed by atoms with Crippen molar-refractivity contribution in [2.45, 2.75) is 13.0 Å². The second-order valence-electron chi connectivity index (χ2n) is 7.82. The van der Waals surface area contributed by atoms with Crippen molar-refractivity contribution >= 4 is 29.2 Å². The molecule has 4 rings (SSSR count). The summed E-state index contributed by atoms with van der Waals surface area (Å²) in [6, 6.07) is 14.6. The summed E-state index contributed by atoms with van der Waals surface area (Å²) in [4.78, 5) is 29.6. The second-order valence-corrected chi connectivity index (χ2v) is 8.23. The van der Waals surface area contributed by atoms with Gasteiger partial charge in [-0.15, -0.1) is 0 Å². The summed E-state index contributed by atoms with van der Waals surface area (Å²) < 4.78 is 30.2. The third kappa shape index (κ3) is 5.40. The lowest BCUT2D eigenvalue weighted by atomic mass is 10.1. The summed E-state index contributed by atoms with van der Waals surface area (Å²) >= 11 is 6.15. The van der Waals surface area contributed by atoms with Crippen molar-refractivity contribution in [3.8, 4) is 16.9 Å². The molecule has 0 bridgehead atoms. The summed E-state index contributed by atoms with van der Waals surface area (Å²) in [6.07, 6.45) is 0.539. The first kappa shape index (κ1) is 25.0. The molecule has 0 fully saturated rings. The van der Waals surface area contributed by atoms with E-state index in [0.29, 0.717) is 5.69 Å². The third-order valence-corrected chi connectivity index (χ3v) is 5.37. The number of nitrogens with one attached hydrogen (secondary N) is 2. The number of hydrogen-bond donors (Lipinski definition) is 3. The molecule has 1 atom stereocenters. The van der Waals surface area contributed by atoms with Crippen molar-refractivity contribution in [3.63, 3.8) is 0 Å². The number of carbonyl (C=O) groups is 2. The van der Waals surface area contributed by atoms with E-state index < -0.39 is 29.6 Å². The van der Waals surface area contributed by atoms with E-state index in [2.05, 4.69) is 20.7 Å². The number of anilines is 1. The smallest absolute Gasteiger partial charge is 0.271 e. The van der Waals surface area contributed by atoms with Crippen LogP contribution in [0.25, 0.3) is 16.9 Å². The van der Waals surface area contributed by atoms with Crippen LogP contribution in [0.4, 0.5) is 14.6 Å². The van der Waals surface area contributed by atoms with Gasteiger partial charge in [0, 0.05) is 24.4 Å². The highest BCUT2D eigenvalue weighted by Crippen LogP contribution is 2.30. The molecule has 2 aromatic carbocycles. The van der Waals surface area contributed by atoms with Gasteiger partial charge >= 0.3 is 0 Å². The van der Waals surface area contributed by atoms with Gasteiger partial charge in [0.25, 0.3) is 11.8 Å². The molecule has 0 radical (unpaired) electrons. The number of pyridine rings is 1. The highest BCUT2D eigenvalue weighted by atomic mass is 35.5. The highest BCUT2D eigenvalue weighted by Gasteiger charge is 2.22. The van der Waals surface area contributed by atoms with Crippen LogP contribution in [0.2, 0.25) is 5.02 Å². The number of aliphatic hydroxyl groups excluding tert-OH is 1. The number of rotatable bonds is 7. The van der Waals surface area contributed by atoms with Crippen LogP contribution < -0.4 is 10.6 Å². The Kier molecular flexibility index (Phi) is 7.37. The first-order valence-electron chi connectivity index (χ1n) is 10.8. The number of aliphatic hydroxyl groups is 1. The minimum atomic E-state index is -0.847. The lowest BCUT2D eigenvalue weighted by Gasteiger charge is -2.11. The number of para-hydroxylation sites is 1. The van der Waals surface area contributed by atoms with Gasteiger partial charge in [-0.25, -0.2) is 13.5 Å². The topological polar surface area (TPSA) is 109 Å². The van der Waals surface area contributed by atoms with Gasteiger partial charge in [0.1, 0.15) is 23.1 Å². The molecular formula is C25H20ClF2N5O3. The predicted molar refractivity (Wildman–Crippen MR) is 130 cm³/mol. The SMILES string of the molecule is CC(O)CNC(=O)c1cc(NC(=O)c2cc(-c3ncccc3F)c(F)cc2Cl)n(-c2ccccc2)n1. The van der Waals surface area contributed by atoms with E-state index in [0.717, 1.165) is 18.2 Å². The molecule has 0 saturated carbocycles. The number of amides is 2. The minimum absolute atomic E-state index is 0.0107. The van der Waals surface area contributed by atoms with Crippen LogP contribution in [0.5, 0.6) is 0 Å². The number of benzene rings is 2. The fourth-order valence-corrected chi connectivity index (χ4v) is 3.59. The lowest BCUT2D eigenvalue weighted by Crippen LogP contribution is -2.30. The fraction of sp³-hybridized carbons (Fsp3) is 0.120. The third-order valence-electron chi connectivity index (χ3n) is 5.06. The van der Waals surface area contributed by atoms with Crippen LogP contribution in [0.3, 0.4) is 0 Å². The maximum atomic E-state index is 14.6. The van der Waals surface area contributed by atoms with Gasteiger partial charge in [0.05, 0.1) is 22.4 Å². The van der Waals surface area contributed by atoms with E-state index in [1.54, 1.807) is 30.3 Å². The molecule has 3 N–H and O–H groups in total. The second kappa shape index (κ2) is 10.6. The number of aromatic nitrogens is 3. The highest BCUT2D eigenvalue weighted by molar-refractivity contribution is 6.34. The van der Waals surface area contributed by atoms with Gasteiger partial charge in [-0.05, 0) is 43.3 Å². The van der Waals surface area contributed by atoms with Crippen LogP contribution in [-0.2, 0) is 0 Å². The number of carbonyl (C=O) groups excluding carboxylic acids is 2. The Morgan fingerprint density at radius 3 is 2.50 bits per heavy atom. The van der Waals surface area contributed by atoms with Gasteiger partial charge < -0.3 is 15.7 Å². The van der Waals surface area contributed by atoms with Crippen LogP contribution in [0.1, 0.15) is 27.8 Å². The predicted octanol–water partition coefficient (Wildman–Crippen LogP) is 4.23. The molecule has 0 aliphatic rings. The molecule has 2 aromatic heterocycles. The normalized spacial score (nSPS) is 11.7. The number of halogens is 3. The first-order valence-corrected chi connectivity index (χ1v) is 11.2. The molecule has 0 spiro atoms. The van der Waals surface area contributed by atoms with E-state index in [9.17, 15) is 23.5 Å². The molecule has 11 heteroatoms. The van der Waals surface area contributed by atoms with Crippen LogP contribution in [0, 0.1) is 11.6 Å². The summed E-state index contributed by atoms with van der Waals surface area (Å²) in [6.45, 7) is 1.53. The zero-order chi connectivity index (χ0) is 25.8. The van der Waals surface area contributed by atoms with Gasteiger partial charge in [-0.3, -0.25) is 14.6 Å². The number of nitrogens with zero attached hydrogens (tertiary/aromatic N) is 3. The average molecular weight is 512 g/mol. The van der Waals surface area contributed by atoms with Crippen molar-refractivity contribution < 1.29 is 23.5 Å². The van der Waals surface area contributed by atoms with E-state index in [4.69, 9.17) is 11.6 Å². The quantitative estimate of drug-likeness (QED) is 0.344. The van der Waals surface area contributed by atoms with Gasteiger partial charge in [-0.2, -0.15) is 5.10 Å². The van der Waals surface area contributed by atoms with Crippen molar-refractivity contribution in [2.24, 2.45) is 0 Å². The molecule has 184 valence electrons. The molecule has 36 heavy (non-hydrogen) atoms. The van der Waals surface area contributed by atoms with Crippen LogP contribution in [0.15, 0.2) is 66.9 Å². The Labute approximate surface area is 209 Å². The maximum Gasteiger partial charge on any atom is 0.271 e. The Morgan fingerprint density at radius 1 is 1.06 bits per heavy atom. The summed E-state index contributed by atoms with van der Waals surface area (Å²) in [7, 11) is 0. The minimum Gasteiger partial charge on any atom is -0.392 e. The van der Waals surface area contributed by atoms with Crippen LogP contribution in [-0.4, -0.2) is 44.3 Å². The molecule has 4 aromatic rings. The van der Waals surface area contributed by atoms with E-state index in [1.165, 1.54) is 29.9 Å². The number of hydrogen-bond acceptors (Lipinski definition) is 5. The molecule has 1 unspecified atom stereocenters. The first-order chi connectivity index (χ1) is 17.2. The van der Waals surface area contributed by atoms with Gasteiger partial charge in [-0.1, -0.05) is 29.8 Å². The molecule has 0 aliphatic carbocycles. The zero-order valence-electron chi connectivity index (χ0n) is 18.9. The Hall–Kier alpha value is -4.15. The monoisotopic (exact) mass is 511 g/mol. The molecule has 2 heterocycles. The molecule has 0 saturated heterocycles. The summed E-state index contributed by atoms with van der Waals surface area (Å²) in [5.41, 5.74) is -0.122. The van der Waals surface area contributed by atoms with E-state index in [1.807, 2.05) is 0 Å². The largest absolute Gasteiger partial charge is 0.392 e. The van der Waals surface area contributed by atoms with Crippen LogP contribution >= 0.6 is 11.6 Å². The summed E-state index contributed by atoms with van der Waals surface area (Å²) in [5, 5.41) is 18.7. The van der Waals surface area contributed by atoms with E-state index in [-0.39, 0.29) is 39.9 Å². The van der Waals surface area contributed by atoms with Gasteiger partial charge in [0.15, 0.2) is 5.69 Å². The van der Waals surface area contributed by atoms with Gasteiger partial charge in [0.2, 0.25) is 0 Å². The molecule has 2 amide bonds. The fourth-order valence-electron chi connectivity index (χ4n) is 3.35. The standard InChI is InChI=1S/C25H20ClF2N5O3/c1-14(34)13-30-25(36)21-12-22(33(32-21)15-6-3-2-4-7-15)31-24(35)16-10-17(20(28)11-18(16)26)23-19(27)8-5-9-29-23/h2-12,14,34H,13H2,1H3,(H,30,36)(H,31,35). The van der Waals surface area contributed by atoms with Crippen molar-refractivity contribution in [3.05, 3.63) is 94.8 Å². The Bertz CT molecular complexity index is 1430. The summed E-state index contributed by atoms with van der Waals surface area (Å²) in [5.74, 6) is -2.79. The van der Waals surface area contributed by atoms with Crippen molar-refractivity contribution in [1.29, 1.82) is 0 Å². The molecule has 8 nitrogen and oxygen atoms in total. The van der Waals surface area contributed by atoms with Crippen molar-refractivity contribution in [2.75, 3.05) is 11.9 Å².